The number of methoxy groups -OCH3 is 1. The number of alkyl halides is 5. The summed E-state index contributed by atoms with van der Waals surface area (Å²) in [5.74, 6) is -0.708. The van der Waals surface area contributed by atoms with Crippen LogP contribution in [-0.2, 0) is 6.18 Å². The second kappa shape index (κ2) is 4.00. The average Bonchev–Trinajstić information content (AvgIpc) is 2.15. The minimum atomic E-state index is -4.67. The second-order valence-electron chi connectivity index (χ2n) is 2.59. The van der Waals surface area contributed by atoms with Crippen LogP contribution in [0.4, 0.5) is 22.0 Å². The molecule has 0 saturated heterocycles. The molecular weight excluding hydrogens is 221 g/mol. The predicted molar refractivity (Wildman–Crippen MR) is 40.7 cm³/mol. The Morgan fingerprint density at radius 2 is 1.87 bits per heavy atom. The fourth-order valence-corrected chi connectivity index (χ4v) is 0.939. The number of halogens is 5. The van der Waals surface area contributed by atoms with Crippen molar-refractivity contribution >= 4 is 0 Å². The van der Waals surface area contributed by atoms with Gasteiger partial charge in [0.05, 0.1) is 12.7 Å². The molecule has 0 atom stereocenters. The first-order chi connectivity index (χ1) is 6.86. The highest BCUT2D eigenvalue weighted by Crippen LogP contribution is 2.33. The zero-order valence-electron chi connectivity index (χ0n) is 7.48. The predicted octanol–water partition coefficient (Wildman–Crippen LogP) is 3.05. The number of hydrogen-bond acceptors (Lipinski definition) is 2. The van der Waals surface area contributed by atoms with Gasteiger partial charge in [-0.05, 0) is 12.1 Å². The Morgan fingerprint density at radius 1 is 1.27 bits per heavy atom. The minimum Gasteiger partial charge on any atom is -0.481 e. The Kier molecular flexibility index (Phi) is 3.11. The fraction of sp³-hybridized carbons (Fsp3) is 0.375. The number of aromatic nitrogens is 1. The molecule has 1 aromatic heterocycles. The first-order valence-electron chi connectivity index (χ1n) is 3.76. The van der Waals surface area contributed by atoms with E-state index < -0.39 is 29.7 Å². The standard InChI is InChI=1S/C8H6F5NO/c1-15-7-4(6(9)10)2-3-5(14-7)8(11,12)13/h2-3,6H,1H3. The molecule has 0 aliphatic carbocycles. The SMILES string of the molecule is COc1nc(C(F)(F)F)ccc1C(F)F. The zero-order chi connectivity index (χ0) is 11.6. The topological polar surface area (TPSA) is 22.1 Å². The molecule has 1 aromatic rings. The van der Waals surface area contributed by atoms with Crippen LogP contribution < -0.4 is 4.74 Å². The van der Waals surface area contributed by atoms with Crippen molar-refractivity contribution in [1.82, 2.24) is 4.98 Å². The molecule has 0 amide bonds. The summed E-state index contributed by atoms with van der Waals surface area (Å²) in [7, 11) is 0.981. The Bertz CT molecular complexity index is 349. The van der Waals surface area contributed by atoms with Gasteiger partial charge in [-0.25, -0.2) is 13.8 Å². The van der Waals surface area contributed by atoms with E-state index in [2.05, 4.69) is 9.72 Å². The van der Waals surface area contributed by atoms with Gasteiger partial charge in [-0.2, -0.15) is 13.2 Å². The second-order valence-corrected chi connectivity index (χ2v) is 2.59. The molecule has 0 aliphatic rings. The summed E-state index contributed by atoms with van der Waals surface area (Å²) in [6.45, 7) is 0. The van der Waals surface area contributed by atoms with Gasteiger partial charge in [-0.15, -0.1) is 0 Å². The van der Waals surface area contributed by atoms with Gasteiger partial charge in [0.25, 0.3) is 6.43 Å². The van der Waals surface area contributed by atoms with Crippen molar-refractivity contribution in [2.75, 3.05) is 7.11 Å². The van der Waals surface area contributed by atoms with Crippen molar-refractivity contribution in [3.63, 3.8) is 0 Å². The number of hydrogen-bond donors (Lipinski definition) is 0. The molecule has 0 unspecified atom stereocenters. The third-order valence-electron chi connectivity index (χ3n) is 1.61. The van der Waals surface area contributed by atoms with E-state index >= 15 is 0 Å². The Morgan fingerprint density at radius 3 is 2.27 bits per heavy atom. The lowest BCUT2D eigenvalue weighted by atomic mass is 10.2. The van der Waals surface area contributed by atoms with E-state index in [0.717, 1.165) is 7.11 Å². The number of ether oxygens (including phenoxy) is 1. The van der Waals surface area contributed by atoms with Gasteiger partial charge in [0, 0.05) is 0 Å². The maximum absolute atomic E-state index is 12.2. The lowest BCUT2D eigenvalue weighted by Gasteiger charge is -2.10. The third-order valence-corrected chi connectivity index (χ3v) is 1.61. The van der Waals surface area contributed by atoms with Gasteiger partial charge in [0.2, 0.25) is 5.88 Å². The molecule has 0 radical (unpaired) electrons. The summed E-state index contributed by atoms with van der Waals surface area (Å²) >= 11 is 0. The van der Waals surface area contributed by atoms with Crippen LogP contribution in [0.25, 0.3) is 0 Å². The van der Waals surface area contributed by atoms with E-state index in [-0.39, 0.29) is 0 Å². The van der Waals surface area contributed by atoms with Crippen LogP contribution >= 0.6 is 0 Å². The van der Waals surface area contributed by atoms with Crippen molar-refractivity contribution in [2.45, 2.75) is 12.6 Å². The molecule has 7 heteroatoms. The molecule has 0 fully saturated rings. The van der Waals surface area contributed by atoms with E-state index in [1.54, 1.807) is 0 Å². The Hall–Kier alpha value is -1.40. The van der Waals surface area contributed by atoms with Gasteiger partial charge in [0.15, 0.2) is 0 Å². The Balaban J connectivity index is 3.19. The molecule has 1 heterocycles. The summed E-state index contributed by atoms with van der Waals surface area (Å²) in [4.78, 5) is 2.96. The molecule has 15 heavy (non-hydrogen) atoms. The normalized spacial score (nSPS) is 11.9. The molecule has 2 nitrogen and oxygen atoms in total. The number of pyridine rings is 1. The minimum absolute atomic E-state index is 0.490. The molecule has 0 aliphatic heterocycles. The highest BCUT2D eigenvalue weighted by molar-refractivity contribution is 5.30. The summed E-state index contributed by atoms with van der Waals surface area (Å²) in [6, 6.07) is 1.14. The van der Waals surface area contributed by atoms with Gasteiger partial charge in [-0.1, -0.05) is 0 Å². The van der Waals surface area contributed by atoms with Gasteiger partial charge < -0.3 is 4.74 Å². The molecule has 0 spiro atoms. The molecule has 0 N–H and O–H groups in total. The first kappa shape index (κ1) is 11.7. The van der Waals surface area contributed by atoms with E-state index in [4.69, 9.17) is 0 Å². The van der Waals surface area contributed by atoms with Crippen LogP contribution in [0.3, 0.4) is 0 Å². The van der Waals surface area contributed by atoms with Gasteiger partial charge in [0.1, 0.15) is 5.69 Å². The largest absolute Gasteiger partial charge is 0.481 e. The summed E-state index contributed by atoms with van der Waals surface area (Å²) in [5, 5.41) is 0. The molecule has 84 valence electrons. The van der Waals surface area contributed by atoms with Gasteiger partial charge in [-0.3, -0.25) is 0 Å². The first-order valence-corrected chi connectivity index (χ1v) is 3.76. The van der Waals surface area contributed by atoms with E-state index in [0.29, 0.717) is 12.1 Å². The smallest absolute Gasteiger partial charge is 0.433 e. The molecule has 0 saturated carbocycles. The molecular formula is C8H6F5NO. The van der Waals surface area contributed by atoms with Gasteiger partial charge >= 0.3 is 6.18 Å². The van der Waals surface area contributed by atoms with Crippen molar-refractivity contribution in [2.24, 2.45) is 0 Å². The van der Waals surface area contributed by atoms with Crippen LogP contribution in [0.1, 0.15) is 17.7 Å². The van der Waals surface area contributed by atoms with Crippen LogP contribution in [0.2, 0.25) is 0 Å². The fourth-order valence-electron chi connectivity index (χ4n) is 0.939. The zero-order valence-corrected chi connectivity index (χ0v) is 7.48. The van der Waals surface area contributed by atoms with Crippen molar-refractivity contribution in [3.8, 4) is 5.88 Å². The van der Waals surface area contributed by atoms with Crippen LogP contribution in [0, 0.1) is 0 Å². The lowest BCUT2D eigenvalue weighted by Crippen LogP contribution is -2.09. The number of rotatable bonds is 2. The molecule has 1 rings (SSSR count). The number of nitrogens with zero attached hydrogens (tertiary/aromatic N) is 1. The quantitative estimate of drug-likeness (QED) is 0.724. The monoisotopic (exact) mass is 227 g/mol. The summed E-state index contributed by atoms with van der Waals surface area (Å²) in [5.41, 5.74) is -1.92. The van der Waals surface area contributed by atoms with Crippen LogP contribution in [0.5, 0.6) is 5.88 Å². The molecule has 0 aromatic carbocycles. The third kappa shape index (κ3) is 2.54. The average molecular weight is 227 g/mol. The Labute approximate surface area is 81.7 Å². The van der Waals surface area contributed by atoms with Crippen molar-refractivity contribution in [3.05, 3.63) is 23.4 Å². The maximum Gasteiger partial charge on any atom is 0.433 e. The van der Waals surface area contributed by atoms with E-state index in [1.807, 2.05) is 0 Å². The van der Waals surface area contributed by atoms with Crippen molar-refractivity contribution < 1.29 is 26.7 Å². The highest BCUT2D eigenvalue weighted by atomic mass is 19.4. The van der Waals surface area contributed by atoms with Crippen LogP contribution in [-0.4, -0.2) is 12.1 Å². The van der Waals surface area contributed by atoms with Crippen LogP contribution in [0.15, 0.2) is 12.1 Å². The van der Waals surface area contributed by atoms with Crippen molar-refractivity contribution in [1.29, 1.82) is 0 Å². The maximum atomic E-state index is 12.2. The molecule has 0 bridgehead atoms. The van der Waals surface area contributed by atoms with E-state index in [1.165, 1.54) is 0 Å². The highest BCUT2D eigenvalue weighted by Gasteiger charge is 2.33. The summed E-state index contributed by atoms with van der Waals surface area (Å²) in [6.07, 6.45) is -7.59. The lowest BCUT2D eigenvalue weighted by molar-refractivity contribution is -0.141. The van der Waals surface area contributed by atoms with E-state index in [9.17, 15) is 22.0 Å². The summed E-state index contributed by atoms with van der Waals surface area (Å²) < 4.78 is 65.2.